The molecule has 0 saturated carbocycles. The number of hydrogen-bond acceptors (Lipinski definition) is 5. The summed E-state index contributed by atoms with van der Waals surface area (Å²) >= 11 is 1.60. The third kappa shape index (κ3) is 5.16. The summed E-state index contributed by atoms with van der Waals surface area (Å²) in [5.74, 6) is 0.560. The van der Waals surface area contributed by atoms with Gasteiger partial charge in [-0.05, 0) is 62.9 Å². The summed E-state index contributed by atoms with van der Waals surface area (Å²) in [6.45, 7) is 5.62. The second kappa shape index (κ2) is 9.89. The van der Waals surface area contributed by atoms with Crippen LogP contribution >= 0.6 is 11.8 Å². The van der Waals surface area contributed by atoms with Gasteiger partial charge in [0.1, 0.15) is 11.6 Å². The molecule has 0 aliphatic heterocycles. The van der Waals surface area contributed by atoms with Gasteiger partial charge in [-0.25, -0.2) is 14.4 Å². The lowest BCUT2D eigenvalue weighted by Crippen LogP contribution is -2.11. The molecule has 2 aromatic heterocycles. The number of nitrogens with zero attached hydrogens (tertiary/aromatic N) is 3. The largest absolute Gasteiger partial charge is 0.385 e. The van der Waals surface area contributed by atoms with Gasteiger partial charge in [-0.15, -0.1) is 0 Å². The van der Waals surface area contributed by atoms with Crippen LogP contribution in [0.1, 0.15) is 20.3 Å². The lowest BCUT2D eigenvalue weighted by Gasteiger charge is -2.14. The Hall–Kier alpha value is -2.38. The number of methoxy groups -OCH3 is 1. The van der Waals surface area contributed by atoms with Gasteiger partial charge in [0.25, 0.3) is 0 Å². The molecular formula is C22H27FN4OS. The van der Waals surface area contributed by atoms with Crippen molar-refractivity contribution in [1.82, 2.24) is 14.5 Å². The molecule has 154 valence electrons. The molecule has 0 unspecified atom stereocenters. The standard InChI is InChI=1S/C22H27FN4OS/c1-15(2)25-19-14-17(10-11-24-19)21-20(16-6-8-18(23)9-7-16)26-22(29-4)27(21)12-5-13-28-3/h6-11,14-15H,5,12-13H2,1-4H3,(H,24,25). The Balaban J connectivity index is 2.15. The van der Waals surface area contributed by atoms with Crippen LogP contribution in [0.25, 0.3) is 22.5 Å². The number of hydrogen-bond donors (Lipinski definition) is 1. The highest BCUT2D eigenvalue weighted by atomic mass is 32.2. The normalized spacial score (nSPS) is 11.2. The van der Waals surface area contributed by atoms with E-state index >= 15 is 0 Å². The number of pyridine rings is 1. The maximum atomic E-state index is 13.5. The van der Waals surface area contributed by atoms with Gasteiger partial charge in [0.05, 0.1) is 11.4 Å². The highest BCUT2D eigenvalue weighted by molar-refractivity contribution is 7.98. The van der Waals surface area contributed by atoms with E-state index in [-0.39, 0.29) is 11.9 Å². The number of nitrogens with one attached hydrogen (secondary N) is 1. The van der Waals surface area contributed by atoms with Crippen molar-refractivity contribution < 1.29 is 9.13 Å². The highest BCUT2D eigenvalue weighted by Crippen LogP contribution is 2.36. The molecule has 0 amide bonds. The van der Waals surface area contributed by atoms with Crippen molar-refractivity contribution in [1.29, 1.82) is 0 Å². The van der Waals surface area contributed by atoms with E-state index < -0.39 is 0 Å². The Kier molecular flexibility index (Phi) is 7.28. The van der Waals surface area contributed by atoms with E-state index in [1.807, 2.05) is 18.4 Å². The maximum absolute atomic E-state index is 13.5. The molecule has 3 aromatic rings. The first kappa shape index (κ1) is 21.3. The first-order valence-electron chi connectivity index (χ1n) is 9.65. The van der Waals surface area contributed by atoms with Crippen molar-refractivity contribution in [2.75, 3.05) is 25.3 Å². The van der Waals surface area contributed by atoms with Gasteiger partial charge in [-0.1, -0.05) is 11.8 Å². The van der Waals surface area contributed by atoms with Crippen molar-refractivity contribution in [3.63, 3.8) is 0 Å². The predicted molar refractivity (Wildman–Crippen MR) is 118 cm³/mol. The van der Waals surface area contributed by atoms with Gasteiger partial charge >= 0.3 is 0 Å². The van der Waals surface area contributed by atoms with E-state index in [0.717, 1.165) is 46.5 Å². The molecule has 2 heterocycles. The molecule has 0 radical (unpaired) electrons. The van der Waals surface area contributed by atoms with Gasteiger partial charge in [-0.3, -0.25) is 0 Å². The molecule has 1 N–H and O–H groups in total. The van der Waals surface area contributed by atoms with E-state index in [2.05, 4.69) is 28.7 Å². The SMILES string of the molecule is COCCCn1c(SC)nc(-c2ccc(F)cc2)c1-c1ccnc(NC(C)C)c1. The molecule has 7 heteroatoms. The minimum absolute atomic E-state index is 0.257. The number of halogens is 1. The van der Waals surface area contributed by atoms with Crippen LogP contribution in [-0.4, -0.2) is 40.5 Å². The predicted octanol–water partition coefficient (Wildman–Crippen LogP) is 5.33. The van der Waals surface area contributed by atoms with E-state index in [0.29, 0.717) is 6.61 Å². The number of aromatic nitrogens is 3. The van der Waals surface area contributed by atoms with Crippen molar-refractivity contribution >= 4 is 17.6 Å². The molecule has 5 nitrogen and oxygen atoms in total. The monoisotopic (exact) mass is 414 g/mol. The maximum Gasteiger partial charge on any atom is 0.168 e. The Morgan fingerprint density at radius 1 is 1.17 bits per heavy atom. The fraction of sp³-hybridized carbons (Fsp3) is 0.364. The summed E-state index contributed by atoms with van der Waals surface area (Å²) in [5.41, 5.74) is 3.75. The summed E-state index contributed by atoms with van der Waals surface area (Å²) < 4.78 is 21.0. The van der Waals surface area contributed by atoms with Crippen molar-refractivity contribution in [3.8, 4) is 22.5 Å². The second-order valence-corrected chi connectivity index (χ2v) is 7.80. The average molecular weight is 415 g/mol. The van der Waals surface area contributed by atoms with Gasteiger partial charge < -0.3 is 14.6 Å². The molecule has 3 rings (SSSR count). The molecule has 0 saturated heterocycles. The first-order valence-corrected chi connectivity index (χ1v) is 10.9. The molecular weight excluding hydrogens is 387 g/mol. The number of anilines is 1. The number of benzene rings is 1. The fourth-order valence-electron chi connectivity index (χ4n) is 3.22. The summed E-state index contributed by atoms with van der Waals surface area (Å²) in [5, 5.41) is 4.28. The molecule has 0 fully saturated rings. The van der Waals surface area contributed by atoms with Gasteiger partial charge in [-0.2, -0.15) is 0 Å². The smallest absolute Gasteiger partial charge is 0.168 e. The van der Waals surface area contributed by atoms with Crippen molar-refractivity contribution in [2.45, 2.75) is 38.0 Å². The van der Waals surface area contributed by atoms with Crippen LogP contribution in [0.4, 0.5) is 10.2 Å². The van der Waals surface area contributed by atoms with Crippen LogP contribution in [0.2, 0.25) is 0 Å². The number of rotatable bonds is 9. The van der Waals surface area contributed by atoms with Crippen LogP contribution in [-0.2, 0) is 11.3 Å². The minimum Gasteiger partial charge on any atom is -0.385 e. The highest BCUT2D eigenvalue weighted by Gasteiger charge is 2.20. The van der Waals surface area contributed by atoms with Crippen LogP contribution in [0, 0.1) is 5.82 Å². The Bertz CT molecular complexity index is 940. The van der Waals surface area contributed by atoms with Gasteiger partial charge in [0.15, 0.2) is 5.16 Å². The number of thioether (sulfide) groups is 1. The molecule has 0 bridgehead atoms. The third-order valence-electron chi connectivity index (χ3n) is 4.43. The molecule has 0 aliphatic rings. The summed E-state index contributed by atoms with van der Waals surface area (Å²) in [7, 11) is 1.71. The minimum atomic E-state index is -0.257. The Morgan fingerprint density at radius 3 is 2.59 bits per heavy atom. The molecule has 29 heavy (non-hydrogen) atoms. The lowest BCUT2D eigenvalue weighted by atomic mass is 10.1. The van der Waals surface area contributed by atoms with Crippen LogP contribution in [0.3, 0.4) is 0 Å². The summed E-state index contributed by atoms with van der Waals surface area (Å²) in [6.07, 6.45) is 4.70. The summed E-state index contributed by atoms with van der Waals surface area (Å²) in [4.78, 5) is 9.33. The zero-order valence-corrected chi connectivity index (χ0v) is 18.1. The zero-order valence-electron chi connectivity index (χ0n) is 17.3. The van der Waals surface area contributed by atoms with E-state index in [4.69, 9.17) is 9.72 Å². The first-order chi connectivity index (χ1) is 14.0. The average Bonchev–Trinajstić information content (AvgIpc) is 3.07. The summed E-state index contributed by atoms with van der Waals surface area (Å²) in [6, 6.07) is 10.8. The van der Waals surface area contributed by atoms with Crippen LogP contribution < -0.4 is 5.32 Å². The Morgan fingerprint density at radius 2 is 1.93 bits per heavy atom. The van der Waals surface area contributed by atoms with Crippen molar-refractivity contribution in [2.24, 2.45) is 0 Å². The third-order valence-corrected chi connectivity index (χ3v) is 5.11. The van der Waals surface area contributed by atoms with Crippen molar-refractivity contribution in [3.05, 3.63) is 48.4 Å². The number of ether oxygens (including phenoxy) is 1. The van der Waals surface area contributed by atoms with Gasteiger partial charge in [0.2, 0.25) is 0 Å². The molecule has 1 aromatic carbocycles. The van der Waals surface area contributed by atoms with E-state index in [1.54, 1.807) is 37.2 Å². The fourth-order valence-corrected chi connectivity index (χ4v) is 3.80. The lowest BCUT2D eigenvalue weighted by molar-refractivity contribution is 0.189. The van der Waals surface area contributed by atoms with Crippen LogP contribution in [0.15, 0.2) is 47.8 Å². The Labute approximate surface area is 175 Å². The zero-order chi connectivity index (χ0) is 20.8. The van der Waals surface area contributed by atoms with Crippen LogP contribution in [0.5, 0.6) is 0 Å². The van der Waals surface area contributed by atoms with Gasteiger partial charge in [0, 0.05) is 43.6 Å². The topological polar surface area (TPSA) is 52.0 Å². The quantitative estimate of drug-likeness (QED) is 0.379. The van der Waals surface area contributed by atoms with E-state index in [1.165, 1.54) is 12.1 Å². The molecule has 0 atom stereocenters. The molecule has 0 spiro atoms. The number of imidazole rings is 1. The second-order valence-electron chi connectivity index (χ2n) is 7.03. The molecule has 0 aliphatic carbocycles. The van der Waals surface area contributed by atoms with E-state index in [9.17, 15) is 4.39 Å².